The van der Waals surface area contributed by atoms with Gasteiger partial charge in [-0.3, -0.25) is 19.7 Å². The molecule has 1 aliphatic rings. The number of benzene rings is 1. The molecule has 2 heterocycles. The number of nitro groups is 1. The third kappa shape index (κ3) is 3.78. The lowest BCUT2D eigenvalue weighted by Gasteiger charge is -2.11. The highest BCUT2D eigenvalue weighted by Crippen LogP contribution is 2.24. The van der Waals surface area contributed by atoms with Gasteiger partial charge in [0.2, 0.25) is 5.91 Å². The number of carbonyl (C=O) groups excluding carboxylic acids is 3. The van der Waals surface area contributed by atoms with Crippen LogP contribution in [0.4, 0.5) is 10.5 Å². The largest absolute Gasteiger partial charge is 0.455 e. The summed E-state index contributed by atoms with van der Waals surface area (Å²) in [7, 11) is 0. The van der Waals surface area contributed by atoms with Gasteiger partial charge < -0.3 is 10.2 Å². The molecule has 1 aromatic heterocycles. The fourth-order valence-corrected chi connectivity index (χ4v) is 2.51. The van der Waals surface area contributed by atoms with E-state index in [4.69, 9.17) is 10.2 Å². The average molecular weight is 385 g/mol. The van der Waals surface area contributed by atoms with E-state index in [-0.39, 0.29) is 25.2 Å². The standard InChI is InChI=1S/C17H15N5O6/c18-8-7-15(23)21-16(24)10-20(17(21)25)19-9-13-5-6-14(28-13)11-1-3-12(4-2-11)22(26)27/h1-6,9H,7-8,10,18H2. The van der Waals surface area contributed by atoms with Gasteiger partial charge in [-0.1, -0.05) is 0 Å². The summed E-state index contributed by atoms with van der Waals surface area (Å²) in [5.41, 5.74) is 5.85. The number of furan rings is 1. The van der Waals surface area contributed by atoms with E-state index in [1.165, 1.54) is 18.3 Å². The van der Waals surface area contributed by atoms with Gasteiger partial charge in [-0.2, -0.15) is 10.0 Å². The Hall–Kier alpha value is -3.86. The number of urea groups is 1. The summed E-state index contributed by atoms with van der Waals surface area (Å²) in [5, 5.41) is 15.4. The van der Waals surface area contributed by atoms with Crippen molar-refractivity contribution in [2.75, 3.05) is 13.1 Å². The molecule has 0 unspecified atom stereocenters. The fourth-order valence-electron chi connectivity index (χ4n) is 2.51. The second-order valence-corrected chi connectivity index (χ2v) is 5.75. The number of imide groups is 3. The molecular weight excluding hydrogens is 370 g/mol. The minimum Gasteiger partial charge on any atom is -0.455 e. The van der Waals surface area contributed by atoms with Gasteiger partial charge in [0.25, 0.3) is 11.6 Å². The molecule has 1 aromatic carbocycles. The highest BCUT2D eigenvalue weighted by atomic mass is 16.6. The predicted octanol–water partition coefficient (Wildman–Crippen LogP) is 1.33. The Morgan fingerprint density at radius 3 is 2.61 bits per heavy atom. The van der Waals surface area contributed by atoms with Crippen molar-refractivity contribution >= 4 is 29.7 Å². The van der Waals surface area contributed by atoms with Gasteiger partial charge in [-0.25, -0.2) is 9.80 Å². The SMILES string of the molecule is NCCC(=O)N1C(=O)CN(N=Cc2ccc(-c3ccc([N+](=O)[O-])cc3)o2)C1=O. The van der Waals surface area contributed by atoms with E-state index in [9.17, 15) is 24.5 Å². The smallest absolute Gasteiger partial charge is 0.354 e. The van der Waals surface area contributed by atoms with E-state index in [2.05, 4.69) is 5.10 Å². The number of non-ortho nitro benzene ring substituents is 1. The number of nitro benzene ring substituents is 1. The zero-order valence-electron chi connectivity index (χ0n) is 14.5. The minimum absolute atomic E-state index is 0.0248. The second-order valence-electron chi connectivity index (χ2n) is 5.75. The summed E-state index contributed by atoms with van der Waals surface area (Å²) >= 11 is 0. The molecule has 0 radical (unpaired) electrons. The monoisotopic (exact) mass is 385 g/mol. The van der Waals surface area contributed by atoms with Gasteiger partial charge in [0.15, 0.2) is 0 Å². The maximum atomic E-state index is 12.1. The Kier molecular flexibility index (Phi) is 5.27. The zero-order valence-corrected chi connectivity index (χ0v) is 14.5. The van der Waals surface area contributed by atoms with Crippen LogP contribution in [0.15, 0.2) is 45.9 Å². The Bertz CT molecular complexity index is 965. The van der Waals surface area contributed by atoms with Crippen LogP contribution in [0.25, 0.3) is 11.3 Å². The summed E-state index contributed by atoms with van der Waals surface area (Å²) in [6, 6.07) is 8.17. The molecule has 2 aromatic rings. The average Bonchev–Trinajstić information content (AvgIpc) is 3.24. The Morgan fingerprint density at radius 2 is 1.96 bits per heavy atom. The van der Waals surface area contributed by atoms with Crippen molar-refractivity contribution in [3.05, 3.63) is 52.3 Å². The fraction of sp³-hybridized carbons (Fsp3) is 0.176. The number of hydrazone groups is 1. The Morgan fingerprint density at radius 1 is 1.25 bits per heavy atom. The predicted molar refractivity (Wildman–Crippen MR) is 96.0 cm³/mol. The molecule has 11 heteroatoms. The van der Waals surface area contributed by atoms with Crippen LogP contribution in [0.2, 0.25) is 0 Å². The molecule has 0 saturated carbocycles. The first-order valence-electron chi connectivity index (χ1n) is 8.16. The van der Waals surface area contributed by atoms with Crippen LogP contribution in [0.5, 0.6) is 0 Å². The van der Waals surface area contributed by atoms with Crippen LogP contribution in [0.3, 0.4) is 0 Å². The molecule has 1 saturated heterocycles. The number of nitrogens with two attached hydrogens (primary N) is 1. The molecule has 1 fully saturated rings. The van der Waals surface area contributed by atoms with E-state index in [0.29, 0.717) is 22.0 Å². The third-order valence-electron chi connectivity index (χ3n) is 3.87. The molecule has 2 N–H and O–H groups in total. The molecule has 0 bridgehead atoms. The first-order valence-corrected chi connectivity index (χ1v) is 8.16. The molecule has 0 spiro atoms. The first kappa shape index (κ1) is 18.9. The molecule has 3 rings (SSSR count). The topological polar surface area (TPSA) is 152 Å². The lowest BCUT2D eigenvalue weighted by molar-refractivity contribution is -0.384. The lowest BCUT2D eigenvalue weighted by atomic mass is 10.1. The van der Waals surface area contributed by atoms with Crippen molar-refractivity contribution < 1.29 is 23.7 Å². The molecular formula is C17H15N5O6. The van der Waals surface area contributed by atoms with Crippen LogP contribution in [0, 0.1) is 10.1 Å². The summed E-state index contributed by atoms with van der Waals surface area (Å²) in [6.45, 7) is -0.335. The van der Waals surface area contributed by atoms with Crippen LogP contribution < -0.4 is 5.73 Å². The van der Waals surface area contributed by atoms with E-state index >= 15 is 0 Å². The lowest BCUT2D eigenvalue weighted by Crippen LogP contribution is -2.38. The van der Waals surface area contributed by atoms with Crippen molar-refractivity contribution in [1.29, 1.82) is 0 Å². The van der Waals surface area contributed by atoms with Crippen LogP contribution in [0.1, 0.15) is 12.2 Å². The van der Waals surface area contributed by atoms with Gasteiger partial charge in [-0.05, 0) is 24.3 Å². The molecule has 4 amide bonds. The second kappa shape index (κ2) is 7.80. The number of amides is 4. The quantitative estimate of drug-likeness (QED) is 0.341. The van der Waals surface area contributed by atoms with Crippen molar-refractivity contribution in [3.8, 4) is 11.3 Å². The van der Waals surface area contributed by atoms with Crippen LogP contribution in [-0.4, -0.2) is 52.0 Å². The molecule has 28 heavy (non-hydrogen) atoms. The third-order valence-corrected chi connectivity index (χ3v) is 3.87. The first-order chi connectivity index (χ1) is 13.4. The molecule has 11 nitrogen and oxygen atoms in total. The van der Waals surface area contributed by atoms with Gasteiger partial charge in [-0.15, -0.1) is 0 Å². The number of hydrogen-bond donors (Lipinski definition) is 1. The normalized spacial score (nSPS) is 14.3. The van der Waals surface area contributed by atoms with Crippen molar-refractivity contribution in [3.63, 3.8) is 0 Å². The van der Waals surface area contributed by atoms with Crippen molar-refractivity contribution in [1.82, 2.24) is 9.91 Å². The van der Waals surface area contributed by atoms with Crippen LogP contribution in [-0.2, 0) is 9.59 Å². The summed E-state index contributed by atoms with van der Waals surface area (Å²) < 4.78 is 5.57. The molecule has 1 aliphatic heterocycles. The highest BCUT2D eigenvalue weighted by molar-refractivity contribution is 6.15. The van der Waals surface area contributed by atoms with Crippen LogP contribution >= 0.6 is 0 Å². The maximum absolute atomic E-state index is 12.1. The summed E-state index contributed by atoms with van der Waals surface area (Å²) in [5.74, 6) is -0.611. The number of carbonyl (C=O) groups is 3. The van der Waals surface area contributed by atoms with E-state index in [1.54, 1.807) is 24.3 Å². The van der Waals surface area contributed by atoms with E-state index < -0.39 is 22.8 Å². The molecule has 144 valence electrons. The molecule has 0 aliphatic carbocycles. The molecule has 0 atom stereocenters. The number of nitrogens with zero attached hydrogens (tertiary/aromatic N) is 4. The summed E-state index contributed by atoms with van der Waals surface area (Å²) in [4.78, 5) is 46.5. The van der Waals surface area contributed by atoms with Crippen molar-refractivity contribution in [2.45, 2.75) is 6.42 Å². The summed E-state index contributed by atoms with van der Waals surface area (Å²) in [6.07, 6.45) is 1.11. The van der Waals surface area contributed by atoms with E-state index in [1.807, 2.05) is 0 Å². The van der Waals surface area contributed by atoms with Gasteiger partial charge in [0, 0.05) is 30.7 Å². The Balaban J connectivity index is 1.70. The minimum atomic E-state index is -0.846. The van der Waals surface area contributed by atoms with E-state index in [0.717, 1.165) is 5.01 Å². The number of rotatable bonds is 6. The number of hydrogen-bond acceptors (Lipinski definition) is 8. The van der Waals surface area contributed by atoms with Crippen molar-refractivity contribution in [2.24, 2.45) is 10.8 Å². The highest BCUT2D eigenvalue weighted by Gasteiger charge is 2.40. The zero-order chi connectivity index (χ0) is 20.3. The van der Waals surface area contributed by atoms with Gasteiger partial charge in [0.05, 0.1) is 11.1 Å². The maximum Gasteiger partial charge on any atom is 0.354 e. The van der Waals surface area contributed by atoms with Gasteiger partial charge >= 0.3 is 6.03 Å². The Labute approximate surface area is 158 Å². The van der Waals surface area contributed by atoms with Gasteiger partial charge in [0.1, 0.15) is 18.1 Å².